The van der Waals surface area contributed by atoms with Gasteiger partial charge in [0.25, 0.3) is 0 Å². The molecule has 1 aromatic carbocycles. The summed E-state index contributed by atoms with van der Waals surface area (Å²) in [6.07, 6.45) is 1.06. The van der Waals surface area contributed by atoms with Crippen molar-refractivity contribution in [2.24, 2.45) is 0 Å². The molecule has 0 fully saturated rings. The van der Waals surface area contributed by atoms with Gasteiger partial charge in [0.05, 0.1) is 0 Å². The lowest BCUT2D eigenvalue weighted by atomic mass is 10.1. The van der Waals surface area contributed by atoms with Gasteiger partial charge in [-0.1, -0.05) is 25.1 Å². The summed E-state index contributed by atoms with van der Waals surface area (Å²) in [5, 5.41) is 3.38. The van der Waals surface area contributed by atoms with Gasteiger partial charge in [0, 0.05) is 39.5 Å². The summed E-state index contributed by atoms with van der Waals surface area (Å²) in [5.41, 5.74) is 2.67. The Bertz CT molecular complexity index is 315. The average Bonchev–Trinajstić information content (AvgIpc) is 2.37. The summed E-state index contributed by atoms with van der Waals surface area (Å²) in [5.74, 6) is 0. The fourth-order valence-corrected chi connectivity index (χ4v) is 1.86. The van der Waals surface area contributed by atoms with Crippen molar-refractivity contribution in [1.29, 1.82) is 0 Å². The van der Waals surface area contributed by atoms with Gasteiger partial charge in [-0.25, -0.2) is 0 Å². The van der Waals surface area contributed by atoms with Crippen molar-refractivity contribution in [3.63, 3.8) is 0 Å². The van der Waals surface area contributed by atoms with E-state index < -0.39 is 0 Å². The van der Waals surface area contributed by atoms with Gasteiger partial charge in [-0.2, -0.15) is 0 Å². The van der Waals surface area contributed by atoms with E-state index in [4.69, 9.17) is 4.74 Å². The second kappa shape index (κ2) is 8.09. The van der Waals surface area contributed by atoms with Crippen LogP contribution in [0.1, 0.15) is 18.9 Å². The van der Waals surface area contributed by atoms with E-state index in [1.807, 2.05) is 0 Å². The summed E-state index contributed by atoms with van der Waals surface area (Å²) < 4.78 is 5.08. The maximum atomic E-state index is 5.08. The van der Waals surface area contributed by atoms with Crippen LogP contribution in [0.3, 0.4) is 0 Å². The highest BCUT2D eigenvalue weighted by Crippen LogP contribution is 2.19. The summed E-state index contributed by atoms with van der Waals surface area (Å²) in [6, 6.07) is 8.56. The van der Waals surface area contributed by atoms with Crippen LogP contribution in [0.5, 0.6) is 0 Å². The SMILES string of the molecule is CCNCc1ccccc1N(C)CCCOC. The molecule has 0 aromatic heterocycles. The van der Waals surface area contributed by atoms with Crippen LogP contribution in [-0.4, -0.2) is 33.9 Å². The Kier molecular flexibility index (Phi) is 6.67. The molecule has 3 nitrogen and oxygen atoms in total. The Hall–Kier alpha value is -1.06. The Morgan fingerprint density at radius 1 is 1.29 bits per heavy atom. The van der Waals surface area contributed by atoms with E-state index in [2.05, 4.69) is 48.5 Å². The molecule has 0 aliphatic rings. The highest BCUT2D eigenvalue weighted by Gasteiger charge is 2.05. The molecule has 3 heteroatoms. The quantitative estimate of drug-likeness (QED) is 0.701. The predicted octanol–water partition coefficient (Wildman–Crippen LogP) is 2.27. The number of para-hydroxylation sites is 1. The maximum Gasteiger partial charge on any atom is 0.0479 e. The van der Waals surface area contributed by atoms with Crippen LogP contribution in [0, 0.1) is 0 Å². The zero-order valence-corrected chi connectivity index (χ0v) is 11.2. The first-order valence-corrected chi connectivity index (χ1v) is 6.28. The minimum absolute atomic E-state index is 0.819. The van der Waals surface area contributed by atoms with E-state index in [0.717, 1.165) is 32.7 Å². The highest BCUT2D eigenvalue weighted by atomic mass is 16.5. The van der Waals surface area contributed by atoms with E-state index in [9.17, 15) is 0 Å². The molecule has 0 aliphatic heterocycles. The molecule has 0 saturated carbocycles. The van der Waals surface area contributed by atoms with E-state index in [0.29, 0.717) is 0 Å². The van der Waals surface area contributed by atoms with Crippen LogP contribution >= 0.6 is 0 Å². The molecule has 1 rings (SSSR count). The van der Waals surface area contributed by atoms with Gasteiger partial charge in [0.2, 0.25) is 0 Å². The molecule has 96 valence electrons. The zero-order valence-electron chi connectivity index (χ0n) is 11.2. The Balaban J connectivity index is 2.60. The van der Waals surface area contributed by atoms with Gasteiger partial charge >= 0.3 is 0 Å². The average molecular weight is 236 g/mol. The third kappa shape index (κ3) is 4.75. The fraction of sp³-hybridized carbons (Fsp3) is 0.571. The summed E-state index contributed by atoms with van der Waals surface area (Å²) in [6.45, 7) is 5.91. The molecule has 0 heterocycles. The topological polar surface area (TPSA) is 24.5 Å². The van der Waals surface area contributed by atoms with E-state index in [1.165, 1.54) is 11.3 Å². The van der Waals surface area contributed by atoms with Gasteiger partial charge in [-0.15, -0.1) is 0 Å². The Labute approximate surface area is 105 Å². The second-order valence-electron chi connectivity index (χ2n) is 4.18. The van der Waals surface area contributed by atoms with Crippen molar-refractivity contribution in [3.8, 4) is 0 Å². The van der Waals surface area contributed by atoms with Crippen molar-refractivity contribution in [3.05, 3.63) is 29.8 Å². The lowest BCUT2D eigenvalue weighted by Gasteiger charge is -2.22. The van der Waals surface area contributed by atoms with Crippen LogP contribution in [0.4, 0.5) is 5.69 Å². The molecule has 0 aliphatic carbocycles. The van der Waals surface area contributed by atoms with E-state index >= 15 is 0 Å². The minimum Gasteiger partial charge on any atom is -0.385 e. The van der Waals surface area contributed by atoms with Crippen LogP contribution in [0.2, 0.25) is 0 Å². The molecule has 0 radical (unpaired) electrons. The Morgan fingerprint density at radius 2 is 2.06 bits per heavy atom. The zero-order chi connectivity index (χ0) is 12.5. The lowest BCUT2D eigenvalue weighted by molar-refractivity contribution is 0.196. The molecule has 0 spiro atoms. The number of benzene rings is 1. The van der Waals surface area contributed by atoms with Gasteiger partial charge in [0.15, 0.2) is 0 Å². The van der Waals surface area contributed by atoms with Crippen LogP contribution < -0.4 is 10.2 Å². The van der Waals surface area contributed by atoms with Crippen molar-refractivity contribution >= 4 is 5.69 Å². The van der Waals surface area contributed by atoms with Gasteiger partial charge in [-0.05, 0) is 24.6 Å². The molecule has 17 heavy (non-hydrogen) atoms. The van der Waals surface area contributed by atoms with Crippen molar-refractivity contribution in [2.75, 3.05) is 38.8 Å². The molecule has 1 N–H and O–H groups in total. The summed E-state index contributed by atoms with van der Waals surface area (Å²) >= 11 is 0. The number of anilines is 1. The first-order chi connectivity index (χ1) is 8.29. The normalized spacial score (nSPS) is 10.5. The Morgan fingerprint density at radius 3 is 2.76 bits per heavy atom. The van der Waals surface area contributed by atoms with E-state index in [1.54, 1.807) is 7.11 Å². The number of ether oxygens (including phenoxy) is 1. The second-order valence-corrected chi connectivity index (χ2v) is 4.18. The maximum absolute atomic E-state index is 5.08. The number of methoxy groups -OCH3 is 1. The molecule has 0 atom stereocenters. The molecule has 0 amide bonds. The number of hydrogen-bond donors (Lipinski definition) is 1. The van der Waals surface area contributed by atoms with Gasteiger partial charge < -0.3 is 15.0 Å². The van der Waals surface area contributed by atoms with Crippen LogP contribution in [0.25, 0.3) is 0 Å². The summed E-state index contributed by atoms with van der Waals surface area (Å²) in [4.78, 5) is 2.30. The van der Waals surface area contributed by atoms with Gasteiger partial charge in [0.1, 0.15) is 0 Å². The first kappa shape index (κ1) is 14.0. The fourth-order valence-electron chi connectivity index (χ4n) is 1.86. The number of nitrogens with zero attached hydrogens (tertiary/aromatic N) is 1. The van der Waals surface area contributed by atoms with Gasteiger partial charge in [-0.3, -0.25) is 0 Å². The molecular formula is C14H24N2O. The molecular weight excluding hydrogens is 212 g/mol. The largest absolute Gasteiger partial charge is 0.385 e. The minimum atomic E-state index is 0.819. The van der Waals surface area contributed by atoms with Crippen molar-refractivity contribution in [1.82, 2.24) is 5.32 Å². The third-order valence-electron chi connectivity index (χ3n) is 2.81. The first-order valence-electron chi connectivity index (χ1n) is 6.28. The smallest absolute Gasteiger partial charge is 0.0479 e. The lowest BCUT2D eigenvalue weighted by Crippen LogP contribution is -2.22. The molecule has 0 saturated heterocycles. The van der Waals surface area contributed by atoms with E-state index in [-0.39, 0.29) is 0 Å². The molecule has 1 aromatic rings. The standard InChI is InChI=1S/C14H24N2O/c1-4-15-12-13-8-5-6-9-14(13)16(2)10-7-11-17-3/h5-6,8-9,15H,4,7,10-12H2,1-3H3. The number of nitrogens with one attached hydrogen (secondary N) is 1. The number of rotatable bonds is 8. The van der Waals surface area contributed by atoms with Crippen LogP contribution in [0.15, 0.2) is 24.3 Å². The van der Waals surface area contributed by atoms with Crippen molar-refractivity contribution < 1.29 is 4.74 Å². The number of hydrogen-bond acceptors (Lipinski definition) is 3. The third-order valence-corrected chi connectivity index (χ3v) is 2.81. The van der Waals surface area contributed by atoms with Crippen LogP contribution in [-0.2, 0) is 11.3 Å². The summed E-state index contributed by atoms with van der Waals surface area (Å²) in [7, 11) is 3.89. The monoisotopic (exact) mass is 236 g/mol. The highest BCUT2D eigenvalue weighted by molar-refractivity contribution is 5.52. The van der Waals surface area contributed by atoms with Crippen molar-refractivity contribution in [2.45, 2.75) is 19.9 Å². The predicted molar refractivity (Wildman–Crippen MR) is 73.6 cm³/mol. The molecule has 0 unspecified atom stereocenters. The molecule has 0 bridgehead atoms.